The fraction of sp³-hybridized carbons (Fsp3) is 0.235. The summed E-state index contributed by atoms with van der Waals surface area (Å²) in [6.45, 7) is 2.22. The predicted molar refractivity (Wildman–Crippen MR) is 86.3 cm³/mol. The average Bonchev–Trinajstić information content (AvgIpc) is 2.53. The van der Waals surface area contributed by atoms with Gasteiger partial charge in [0.05, 0.1) is 18.4 Å². The summed E-state index contributed by atoms with van der Waals surface area (Å²) in [5.41, 5.74) is 7.92. The maximum atomic E-state index is 12.1. The Morgan fingerprint density at radius 1 is 1.23 bits per heavy atom. The Labute approximate surface area is 129 Å². The molecule has 5 heteroatoms. The van der Waals surface area contributed by atoms with E-state index in [1.807, 2.05) is 24.3 Å². The van der Waals surface area contributed by atoms with Crippen molar-refractivity contribution in [3.05, 3.63) is 53.1 Å². The van der Waals surface area contributed by atoms with Gasteiger partial charge in [0, 0.05) is 6.54 Å². The minimum absolute atomic E-state index is 0.0391. The number of nitrogens with two attached hydrogens (primary N) is 1. The highest BCUT2D eigenvalue weighted by molar-refractivity contribution is 6.00. The van der Waals surface area contributed by atoms with Crippen molar-refractivity contribution in [3.63, 3.8) is 0 Å². The Bertz CT molecular complexity index is 666. The fourth-order valence-corrected chi connectivity index (χ4v) is 2.12. The van der Waals surface area contributed by atoms with Crippen LogP contribution in [0.5, 0.6) is 11.5 Å². The van der Waals surface area contributed by atoms with Gasteiger partial charge >= 0.3 is 0 Å². The third-order valence-corrected chi connectivity index (χ3v) is 3.52. The molecule has 0 fully saturated rings. The zero-order valence-corrected chi connectivity index (χ0v) is 12.7. The molecule has 0 aliphatic rings. The number of carbonyl (C=O) groups excluding carboxylic acids is 1. The van der Waals surface area contributed by atoms with Crippen LogP contribution in [0.3, 0.4) is 0 Å². The highest BCUT2D eigenvalue weighted by atomic mass is 16.5. The fourth-order valence-electron chi connectivity index (χ4n) is 2.12. The smallest absolute Gasteiger partial charge is 0.253 e. The van der Waals surface area contributed by atoms with Crippen LogP contribution in [0.2, 0.25) is 0 Å². The monoisotopic (exact) mass is 300 g/mol. The van der Waals surface area contributed by atoms with Crippen LogP contribution in [-0.2, 0) is 6.42 Å². The minimum Gasteiger partial charge on any atom is -0.505 e. The molecule has 0 spiro atoms. The van der Waals surface area contributed by atoms with E-state index >= 15 is 0 Å². The summed E-state index contributed by atoms with van der Waals surface area (Å²) in [5.74, 6) is 0.472. The summed E-state index contributed by atoms with van der Waals surface area (Å²) in [7, 11) is 1.62. The van der Waals surface area contributed by atoms with Gasteiger partial charge in [0.2, 0.25) is 0 Å². The molecule has 2 rings (SSSR count). The van der Waals surface area contributed by atoms with Crippen LogP contribution < -0.4 is 15.8 Å². The van der Waals surface area contributed by atoms with E-state index in [2.05, 4.69) is 5.32 Å². The molecular formula is C17H20N2O3. The van der Waals surface area contributed by atoms with Gasteiger partial charge < -0.3 is 20.9 Å². The van der Waals surface area contributed by atoms with E-state index in [1.54, 1.807) is 26.2 Å². The molecule has 5 nitrogen and oxygen atoms in total. The van der Waals surface area contributed by atoms with E-state index in [1.165, 1.54) is 0 Å². The molecule has 0 saturated heterocycles. The number of aryl methyl sites for hydroxylation is 1. The molecule has 0 heterocycles. The molecule has 0 aromatic heterocycles. The predicted octanol–water partition coefficient (Wildman–Crippen LogP) is 2.26. The zero-order valence-electron chi connectivity index (χ0n) is 12.7. The number of carbonyl (C=O) groups is 1. The van der Waals surface area contributed by atoms with Gasteiger partial charge in [-0.05, 0) is 42.7 Å². The Hall–Kier alpha value is -2.69. The Morgan fingerprint density at radius 2 is 1.91 bits per heavy atom. The van der Waals surface area contributed by atoms with Gasteiger partial charge in [-0.2, -0.15) is 0 Å². The normalized spacial score (nSPS) is 10.3. The van der Waals surface area contributed by atoms with Gasteiger partial charge in [0.15, 0.2) is 0 Å². The number of rotatable bonds is 5. The van der Waals surface area contributed by atoms with Crippen molar-refractivity contribution in [2.45, 2.75) is 13.3 Å². The van der Waals surface area contributed by atoms with Gasteiger partial charge in [-0.1, -0.05) is 18.2 Å². The molecule has 2 aromatic carbocycles. The average molecular weight is 300 g/mol. The number of aromatic hydroxyl groups is 1. The molecule has 116 valence electrons. The second-order valence-electron chi connectivity index (χ2n) is 5.05. The van der Waals surface area contributed by atoms with Gasteiger partial charge in [0.25, 0.3) is 5.91 Å². The standard InChI is InChI=1S/C17H20N2O3/c1-11-3-8-14(15(18)16(11)20)17(21)19-10-9-12-4-6-13(22-2)7-5-12/h3-8,20H,9-10,18H2,1-2H3,(H,19,21). The van der Waals surface area contributed by atoms with Crippen molar-refractivity contribution in [1.82, 2.24) is 5.32 Å². The largest absolute Gasteiger partial charge is 0.505 e. The number of phenolic OH excluding ortho intramolecular Hbond substituents is 1. The Balaban J connectivity index is 1.94. The zero-order chi connectivity index (χ0) is 16.1. The second kappa shape index (κ2) is 6.85. The first-order chi connectivity index (χ1) is 10.5. The summed E-state index contributed by atoms with van der Waals surface area (Å²) in [6, 6.07) is 11.0. The number of benzene rings is 2. The van der Waals surface area contributed by atoms with Crippen LogP contribution in [0, 0.1) is 6.92 Å². The van der Waals surface area contributed by atoms with Crippen molar-refractivity contribution in [1.29, 1.82) is 0 Å². The van der Waals surface area contributed by atoms with Crippen molar-refractivity contribution in [2.24, 2.45) is 0 Å². The molecule has 0 saturated carbocycles. The number of methoxy groups -OCH3 is 1. The first-order valence-corrected chi connectivity index (χ1v) is 7.02. The Kier molecular flexibility index (Phi) is 4.88. The highest BCUT2D eigenvalue weighted by Gasteiger charge is 2.13. The number of hydrogen-bond acceptors (Lipinski definition) is 4. The summed E-state index contributed by atoms with van der Waals surface area (Å²) in [4.78, 5) is 12.1. The molecule has 0 atom stereocenters. The molecule has 1 amide bonds. The van der Waals surface area contributed by atoms with E-state index in [9.17, 15) is 9.90 Å². The number of phenols is 1. The SMILES string of the molecule is COc1ccc(CCNC(=O)c2ccc(C)c(O)c2N)cc1. The first-order valence-electron chi connectivity index (χ1n) is 7.02. The number of amides is 1. The minimum atomic E-state index is -0.290. The molecule has 4 N–H and O–H groups in total. The summed E-state index contributed by atoms with van der Waals surface area (Å²) >= 11 is 0. The maximum absolute atomic E-state index is 12.1. The van der Waals surface area contributed by atoms with Crippen LogP contribution >= 0.6 is 0 Å². The lowest BCUT2D eigenvalue weighted by molar-refractivity contribution is 0.0954. The van der Waals surface area contributed by atoms with E-state index in [-0.39, 0.29) is 22.9 Å². The number of ether oxygens (including phenoxy) is 1. The molecular weight excluding hydrogens is 280 g/mol. The molecule has 0 aliphatic carbocycles. The van der Waals surface area contributed by atoms with Crippen molar-refractivity contribution >= 4 is 11.6 Å². The topological polar surface area (TPSA) is 84.6 Å². The van der Waals surface area contributed by atoms with Crippen molar-refractivity contribution in [2.75, 3.05) is 19.4 Å². The summed E-state index contributed by atoms with van der Waals surface area (Å²) in [5, 5.41) is 12.6. The van der Waals surface area contributed by atoms with Crippen LogP contribution in [0.1, 0.15) is 21.5 Å². The lowest BCUT2D eigenvalue weighted by Crippen LogP contribution is -2.26. The van der Waals surface area contributed by atoms with E-state index in [0.717, 1.165) is 11.3 Å². The molecule has 22 heavy (non-hydrogen) atoms. The van der Waals surface area contributed by atoms with Crippen LogP contribution in [-0.4, -0.2) is 24.7 Å². The van der Waals surface area contributed by atoms with E-state index in [0.29, 0.717) is 18.5 Å². The second-order valence-corrected chi connectivity index (χ2v) is 5.05. The third-order valence-electron chi connectivity index (χ3n) is 3.52. The maximum Gasteiger partial charge on any atom is 0.253 e. The van der Waals surface area contributed by atoms with Crippen molar-refractivity contribution < 1.29 is 14.6 Å². The lowest BCUT2D eigenvalue weighted by Gasteiger charge is -2.10. The quantitative estimate of drug-likeness (QED) is 0.584. The molecule has 0 aliphatic heterocycles. The molecule has 0 bridgehead atoms. The van der Waals surface area contributed by atoms with Crippen LogP contribution in [0.25, 0.3) is 0 Å². The number of hydrogen-bond donors (Lipinski definition) is 3. The van der Waals surface area contributed by atoms with Crippen molar-refractivity contribution in [3.8, 4) is 11.5 Å². The highest BCUT2D eigenvalue weighted by Crippen LogP contribution is 2.27. The first kappa shape index (κ1) is 15.7. The molecule has 0 unspecified atom stereocenters. The Morgan fingerprint density at radius 3 is 2.55 bits per heavy atom. The van der Waals surface area contributed by atoms with Gasteiger partial charge in [-0.15, -0.1) is 0 Å². The van der Waals surface area contributed by atoms with Gasteiger partial charge in [-0.25, -0.2) is 0 Å². The molecule has 2 aromatic rings. The number of anilines is 1. The van der Waals surface area contributed by atoms with Crippen LogP contribution in [0.15, 0.2) is 36.4 Å². The summed E-state index contributed by atoms with van der Waals surface area (Å²) < 4.78 is 5.10. The summed E-state index contributed by atoms with van der Waals surface area (Å²) in [6.07, 6.45) is 0.702. The van der Waals surface area contributed by atoms with E-state index in [4.69, 9.17) is 10.5 Å². The number of nitrogens with one attached hydrogen (secondary N) is 1. The lowest BCUT2D eigenvalue weighted by atomic mass is 10.1. The van der Waals surface area contributed by atoms with Gasteiger partial charge in [-0.3, -0.25) is 4.79 Å². The third kappa shape index (κ3) is 3.49. The molecule has 0 radical (unpaired) electrons. The van der Waals surface area contributed by atoms with Gasteiger partial charge in [0.1, 0.15) is 11.5 Å². The number of nitrogen functional groups attached to an aromatic ring is 1. The van der Waals surface area contributed by atoms with E-state index < -0.39 is 0 Å². The van der Waals surface area contributed by atoms with Crippen LogP contribution in [0.4, 0.5) is 5.69 Å².